The predicted molar refractivity (Wildman–Crippen MR) is 68.7 cm³/mol. The maximum atomic E-state index is 12.1. The normalized spacial score (nSPS) is 26.9. The number of aryl methyl sites for hydroxylation is 1. The van der Waals surface area contributed by atoms with Gasteiger partial charge in [0.1, 0.15) is 0 Å². The summed E-state index contributed by atoms with van der Waals surface area (Å²) in [6, 6.07) is 0. The van der Waals surface area contributed by atoms with Crippen LogP contribution in [0.5, 0.6) is 0 Å². The summed E-state index contributed by atoms with van der Waals surface area (Å²) in [7, 11) is 1.74. The molecule has 2 unspecified atom stereocenters. The van der Waals surface area contributed by atoms with Crippen molar-refractivity contribution in [2.45, 2.75) is 38.1 Å². The van der Waals surface area contributed by atoms with Crippen molar-refractivity contribution in [3.63, 3.8) is 0 Å². The monoisotopic (exact) mass is 265 g/mol. The van der Waals surface area contributed by atoms with E-state index in [1.165, 1.54) is 6.20 Å². The van der Waals surface area contributed by atoms with Gasteiger partial charge in [0.15, 0.2) is 0 Å². The number of carboxylic acids is 1. The summed E-state index contributed by atoms with van der Waals surface area (Å²) < 4.78 is 1.55. The van der Waals surface area contributed by atoms with E-state index in [4.69, 9.17) is 0 Å². The van der Waals surface area contributed by atoms with E-state index in [0.29, 0.717) is 18.4 Å². The largest absolute Gasteiger partial charge is 0.481 e. The molecule has 0 saturated heterocycles. The Morgan fingerprint density at radius 2 is 2.26 bits per heavy atom. The summed E-state index contributed by atoms with van der Waals surface area (Å²) in [6.07, 6.45) is 6.24. The molecular weight excluding hydrogens is 246 g/mol. The molecule has 2 atom stereocenters. The lowest BCUT2D eigenvalue weighted by Gasteiger charge is -2.39. The van der Waals surface area contributed by atoms with Gasteiger partial charge in [-0.05, 0) is 19.8 Å². The number of carbonyl (C=O) groups excluding carboxylic acids is 1. The molecule has 19 heavy (non-hydrogen) atoms. The van der Waals surface area contributed by atoms with Crippen molar-refractivity contribution in [3.8, 4) is 0 Å². The first kappa shape index (κ1) is 13.6. The first-order valence-electron chi connectivity index (χ1n) is 6.46. The fraction of sp³-hybridized carbons (Fsp3) is 0.615. The van der Waals surface area contributed by atoms with Crippen LogP contribution in [0.3, 0.4) is 0 Å². The highest BCUT2D eigenvalue weighted by molar-refractivity contribution is 5.94. The Morgan fingerprint density at radius 3 is 2.84 bits per heavy atom. The smallest absolute Gasteiger partial charge is 0.308 e. The number of aliphatic carboxylic acids is 1. The number of nitrogens with zero attached hydrogens (tertiary/aromatic N) is 2. The number of carboxylic acid groups (broad SMARTS) is 1. The lowest BCUT2D eigenvalue weighted by atomic mass is 9.74. The van der Waals surface area contributed by atoms with Gasteiger partial charge < -0.3 is 10.4 Å². The Bertz CT molecular complexity index is 497. The molecule has 0 spiro atoms. The van der Waals surface area contributed by atoms with Gasteiger partial charge in [-0.1, -0.05) is 12.8 Å². The minimum Gasteiger partial charge on any atom is -0.481 e. The molecule has 0 aliphatic heterocycles. The highest BCUT2D eigenvalue weighted by Gasteiger charge is 2.42. The Kier molecular flexibility index (Phi) is 3.59. The van der Waals surface area contributed by atoms with Crippen LogP contribution >= 0.6 is 0 Å². The van der Waals surface area contributed by atoms with E-state index in [1.54, 1.807) is 17.9 Å². The summed E-state index contributed by atoms with van der Waals surface area (Å²) in [5, 5.41) is 16.1. The van der Waals surface area contributed by atoms with Gasteiger partial charge >= 0.3 is 5.97 Å². The standard InChI is InChI=1S/C13H19N3O3/c1-13(6-4-3-5-10(13)12(18)19)15-11(17)9-7-14-16(2)8-9/h7-8,10H,3-6H2,1-2H3,(H,15,17)(H,18,19). The summed E-state index contributed by atoms with van der Waals surface area (Å²) in [4.78, 5) is 23.5. The van der Waals surface area contributed by atoms with Crippen LogP contribution in [0, 0.1) is 5.92 Å². The van der Waals surface area contributed by atoms with E-state index in [0.717, 1.165) is 12.8 Å². The second-order valence-electron chi connectivity index (χ2n) is 5.41. The van der Waals surface area contributed by atoms with Crippen LogP contribution in [0.4, 0.5) is 0 Å². The average Bonchev–Trinajstić information content (AvgIpc) is 2.75. The number of aromatic nitrogens is 2. The zero-order valence-corrected chi connectivity index (χ0v) is 11.2. The van der Waals surface area contributed by atoms with Crippen LogP contribution in [0.2, 0.25) is 0 Å². The average molecular weight is 265 g/mol. The molecule has 1 heterocycles. The molecule has 1 aliphatic rings. The summed E-state index contributed by atoms with van der Waals surface area (Å²) in [5.74, 6) is -1.63. The Morgan fingerprint density at radius 1 is 1.53 bits per heavy atom. The molecule has 2 rings (SSSR count). The van der Waals surface area contributed by atoms with Crippen molar-refractivity contribution < 1.29 is 14.7 Å². The molecule has 2 N–H and O–H groups in total. The molecule has 1 aliphatic carbocycles. The molecule has 1 amide bonds. The fourth-order valence-corrected chi connectivity index (χ4v) is 2.75. The van der Waals surface area contributed by atoms with Crippen molar-refractivity contribution in [2.75, 3.05) is 0 Å². The first-order valence-corrected chi connectivity index (χ1v) is 6.46. The first-order chi connectivity index (χ1) is 8.92. The molecule has 104 valence electrons. The molecule has 6 nitrogen and oxygen atoms in total. The molecule has 0 aromatic carbocycles. The number of rotatable bonds is 3. The molecule has 6 heteroatoms. The molecular formula is C13H19N3O3. The van der Waals surface area contributed by atoms with Crippen LogP contribution in [0.25, 0.3) is 0 Å². The highest BCUT2D eigenvalue weighted by atomic mass is 16.4. The number of hydrogen-bond acceptors (Lipinski definition) is 3. The molecule has 1 saturated carbocycles. The minimum absolute atomic E-state index is 0.260. The fourth-order valence-electron chi connectivity index (χ4n) is 2.75. The van der Waals surface area contributed by atoms with Crippen LogP contribution in [0.15, 0.2) is 12.4 Å². The number of carbonyl (C=O) groups is 2. The summed E-state index contributed by atoms with van der Waals surface area (Å²) in [5.41, 5.74) is -0.227. The number of amides is 1. The Hall–Kier alpha value is -1.85. The van der Waals surface area contributed by atoms with Gasteiger partial charge in [-0.2, -0.15) is 5.10 Å². The van der Waals surface area contributed by atoms with Crippen LogP contribution < -0.4 is 5.32 Å². The third-order valence-corrected chi connectivity index (χ3v) is 3.87. The second-order valence-corrected chi connectivity index (χ2v) is 5.41. The van der Waals surface area contributed by atoms with Gasteiger partial charge in [-0.25, -0.2) is 0 Å². The maximum absolute atomic E-state index is 12.1. The highest BCUT2D eigenvalue weighted by Crippen LogP contribution is 2.34. The minimum atomic E-state index is -0.839. The van der Waals surface area contributed by atoms with Crippen molar-refractivity contribution >= 4 is 11.9 Å². The SMILES string of the molecule is Cn1cc(C(=O)NC2(C)CCCCC2C(=O)O)cn1. The lowest BCUT2D eigenvalue weighted by Crippen LogP contribution is -2.55. The maximum Gasteiger partial charge on any atom is 0.308 e. The number of hydrogen-bond donors (Lipinski definition) is 2. The Labute approximate surface area is 111 Å². The van der Waals surface area contributed by atoms with Gasteiger partial charge in [0.25, 0.3) is 5.91 Å². The van der Waals surface area contributed by atoms with E-state index in [1.807, 2.05) is 6.92 Å². The van der Waals surface area contributed by atoms with Gasteiger partial charge in [0.2, 0.25) is 0 Å². The van der Waals surface area contributed by atoms with E-state index in [-0.39, 0.29) is 5.91 Å². The third kappa shape index (κ3) is 2.77. The Balaban J connectivity index is 2.15. The van der Waals surface area contributed by atoms with Gasteiger partial charge in [-0.3, -0.25) is 14.3 Å². The quantitative estimate of drug-likeness (QED) is 0.859. The molecule has 0 radical (unpaired) electrons. The summed E-state index contributed by atoms with van der Waals surface area (Å²) >= 11 is 0. The third-order valence-electron chi connectivity index (χ3n) is 3.87. The van der Waals surface area contributed by atoms with E-state index < -0.39 is 17.4 Å². The van der Waals surface area contributed by atoms with E-state index >= 15 is 0 Å². The topological polar surface area (TPSA) is 84.2 Å². The van der Waals surface area contributed by atoms with E-state index in [2.05, 4.69) is 10.4 Å². The van der Waals surface area contributed by atoms with Crippen molar-refractivity contribution in [1.82, 2.24) is 15.1 Å². The van der Waals surface area contributed by atoms with Crippen molar-refractivity contribution in [1.29, 1.82) is 0 Å². The zero-order valence-electron chi connectivity index (χ0n) is 11.2. The van der Waals surface area contributed by atoms with E-state index in [9.17, 15) is 14.7 Å². The van der Waals surface area contributed by atoms with Crippen molar-refractivity contribution in [2.24, 2.45) is 13.0 Å². The van der Waals surface area contributed by atoms with Gasteiger partial charge in [0, 0.05) is 13.2 Å². The van der Waals surface area contributed by atoms with Crippen molar-refractivity contribution in [3.05, 3.63) is 18.0 Å². The molecule has 1 aromatic rings. The summed E-state index contributed by atoms with van der Waals surface area (Å²) in [6.45, 7) is 1.82. The molecule has 0 bridgehead atoms. The van der Waals surface area contributed by atoms with Crippen LogP contribution in [-0.2, 0) is 11.8 Å². The predicted octanol–water partition coefficient (Wildman–Crippen LogP) is 1.18. The number of nitrogens with one attached hydrogen (secondary N) is 1. The van der Waals surface area contributed by atoms with Crippen LogP contribution in [0.1, 0.15) is 43.0 Å². The lowest BCUT2D eigenvalue weighted by molar-refractivity contribution is -0.145. The molecule has 1 aromatic heterocycles. The zero-order chi connectivity index (χ0) is 14.0. The molecule has 1 fully saturated rings. The van der Waals surface area contributed by atoms with Crippen LogP contribution in [-0.4, -0.2) is 32.3 Å². The second kappa shape index (κ2) is 5.03. The van der Waals surface area contributed by atoms with Gasteiger partial charge in [0.05, 0.1) is 23.2 Å². The van der Waals surface area contributed by atoms with Gasteiger partial charge in [-0.15, -0.1) is 0 Å².